The quantitative estimate of drug-likeness (QED) is 0.227. The van der Waals surface area contributed by atoms with Crippen molar-refractivity contribution in [2.75, 3.05) is 11.5 Å². The number of rotatable bonds is 9. The van der Waals surface area contributed by atoms with E-state index < -0.39 is 17.8 Å². The molecule has 1 fully saturated rings. The summed E-state index contributed by atoms with van der Waals surface area (Å²) in [7, 11) is 0. The molecule has 184 valence electrons. The summed E-state index contributed by atoms with van der Waals surface area (Å²) in [6, 6.07) is 20.3. The molecule has 3 aromatic rings. The average Bonchev–Trinajstić information content (AvgIpc) is 2.88. The van der Waals surface area contributed by atoms with Crippen molar-refractivity contribution in [3.8, 4) is 11.5 Å². The predicted molar refractivity (Wildman–Crippen MR) is 138 cm³/mol. The van der Waals surface area contributed by atoms with Crippen LogP contribution in [0.25, 0.3) is 6.08 Å². The lowest BCUT2D eigenvalue weighted by molar-refractivity contribution is -0.122. The van der Waals surface area contributed by atoms with Crippen LogP contribution in [0.2, 0.25) is 5.02 Å². The highest BCUT2D eigenvalue weighted by Crippen LogP contribution is 2.29. The number of barbiturate groups is 1. The van der Waals surface area contributed by atoms with Gasteiger partial charge in [0.1, 0.15) is 23.7 Å². The first-order valence-corrected chi connectivity index (χ1v) is 11.9. The SMILES string of the molecule is CCCCOc1ccc(Cl)cc1/C=C1/C(=O)NC(=O)N(c2ccc(OCc3ccccc3)cc2)C1=O. The van der Waals surface area contributed by atoms with Gasteiger partial charge >= 0.3 is 6.03 Å². The van der Waals surface area contributed by atoms with Crippen molar-refractivity contribution in [1.29, 1.82) is 0 Å². The van der Waals surface area contributed by atoms with E-state index in [0.717, 1.165) is 23.3 Å². The fourth-order valence-corrected chi connectivity index (χ4v) is 3.75. The molecule has 1 N–H and O–H groups in total. The van der Waals surface area contributed by atoms with E-state index in [1.807, 2.05) is 37.3 Å². The standard InChI is InChI=1S/C28H25ClN2O5/c1-2-3-15-35-25-14-9-21(29)16-20(25)17-24-26(32)30-28(34)31(27(24)33)22-10-12-23(13-11-22)36-18-19-7-5-4-6-8-19/h4-14,16-17H,2-3,15,18H2,1H3,(H,30,32,34)/b24-17-. The molecule has 0 radical (unpaired) electrons. The lowest BCUT2D eigenvalue weighted by Crippen LogP contribution is -2.54. The van der Waals surface area contributed by atoms with Crippen LogP contribution in [0.5, 0.6) is 11.5 Å². The van der Waals surface area contributed by atoms with Crippen LogP contribution in [-0.4, -0.2) is 24.5 Å². The summed E-state index contributed by atoms with van der Waals surface area (Å²) in [6.07, 6.45) is 3.20. The maximum Gasteiger partial charge on any atom is 0.335 e. The number of benzene rings is 3. The average molecular weight is 505 g/mol. The Morgan fingerprint density at radius 1 is 0.944 bits per heavy atom. The summed E-state index contributed by atoms with van der Waals surface area (Å²) in [5.74, 6) is -0.471. The third-order valence-electron chi connectivity index (χ3n) is 5.47. The number of urea groups is 1. The maximum absolute atomic E-state index is 13.3. The van der Waals surface area contributed by atoms with Crippen LogP contribution in [0.15, 0.2) is 78.4 Å². The number of imide groups is 2. The van der Waals surface area contributed by atoms with Gasteiger partial charge in [0.15, 0.2) is 0 Å². The van der Waals surface area contributed by atoms with Gasteiger partial charge < -0.3 is 9.47 Å². The molecule has 0 bridgehead atoms. The maximum atomic E-state index is 13.3. The first-order valence-electron chi connectivity index (χ1n) is 11.6. The molecule has 4 amide bonds. The van der Waals surface area contributed by atoms with Crippen LogP contribution in [0, 0.1) is 0 Å². The monoisotopic (exact) mass is 504 g/mol. The minimum atomic E-state index is -0.828. The lowest BCUT2D eigenvalue weighted by atomic mass is 10.1. The second kappa shape index (κ2) is 11.6. The van der Waals surface area contributed by atoms with Crippen LogP contribution in [-0.2, 0) is 16.2 Å². The smallest absolute Gasteiger partial charge is 0.335 e. The summed E-state index contributed by atoms with van der Waals surface area (Å²) in [5, 5.41) is 2.65. The van der Waals surface area contributed by atoms with Gasteiger partial charge in [-0.2, -0.15) is 0 Å². The molecule has 1 aliphatic rings. The van der Waals surface area contributed by atoms with Crippen molar-refractivity contribution >= 4 is 41.2 Å². The second-order valence-electron chi connectivity index (χ2n) is 8.11. The van der Waals surface area contributed by atoms with Gasteiger partial charge in [0.05, 0.1) is 12.3 Å². The Morgan fingerprint density at radius 3 is 2.42 bits per heavy atom. The van der Waals surface area contributed by atoms with E-state index >= 15 is 0 Å². The molecule has 0 atom stereocenters. The molecule has 36 heavy (non-hydrogen) atoms. The van der Waals surface area contributed by atoms with E-state index in [-0.39, 0.29) is 5.57 Å². The molecule has 8 heteroatoms. The number of amides is 4. The van der Waals surface area contributed by atoms with E-state index in [2.05, 4.69) is 5.32 Å². The minimum absolute atomic E-state index is 0.207. The number of hydrogen-bond donors (Lipinski definition) is 1. The molecular weight excluding hydrogens is 480 g/mol. The van der Waals surface area contributed by atoms with E-state index in [1.54, 1.807) is 42.5 Å². The summed E-state index contributed by atoms with van der Waals surface area (Å²) >= 11 is 6.15. The summed E-state index contributed by atoms with van der Waals surface area (Å²) in [5.41, 5.74) is 1.57. The Bertz CT molecular complexity index is 1290. The number of carbonyl (C=O) groups excluding carboxylic acids is 3. The van der Waals surface area contributed by atoms with Crippen molar-refractivity contribution in [1.82, 2.24) is 5.32 Å². The Kier molecular flexibility index (Phi) is 8.02. The first-order chi connectivity index (χ1) is 17.5. The molecule has 0 aliphatic carbocycles. The largest absolute Gasteiger partial charge is 0.493 e. The van der Waals surface area contributed by atoms with Gasteiger partial charge in [-0.05, 0) is 60.5 Å². The normalized spacial score (nSPS) is 14.7. The van der Waals surface area contributed by atoms with Crippen LogP contribution >= 0.6 is 11.6 Å². The highest BCUT2D eigenvalue weighted by Gasteiger charge is 2.37. The van der Waals surface area contributed by atoms with Gasteiger partial charge in [-0.1, -0.05) is 55.3 Å². The van der Waals surface area contributed by atoms with Gasteiger partial charge in [-0.15, -0.1) is 0 Å². The van der Waals surface area contributed by atoms with Crippen LogP contribution in [0.4, 0.5) is 10.5 Å². The molecule has 1 saturated heterocycles. The van der Waals surface area contributed by atoms with E-state index in [9.17, 15) is 14.4 Å². The van der Waals surface area contributed by atoms with Gasteiger partial charge in [0.2, 0.25) is 0 Å². The van der Waals surface area contributed by atoms with Crippen LogP contribution < -0.4 is 19.7 Å². The second-order valence-corrected chi connectivity index (χ2v) is 8.55. The number of anilines is 1. The molecule has 3 aromatic carbocycles. The number of halogens is 1. The zero-order valence-electron chi connectivity index (χ0n) is 19.7. The minimum Gasteiger partial charge on any atom is -0.493 e. The third-order valence-corrected chi connectivity index (χ3v) is 5.71. The molecular formula is C28H25ClN2O5. The highest BCUT2D eigenvalue weighted by atomic mass is 35.5. The van der Waals surface area contributed by atoms with Gasteiger partial charge in [-0.25, -0.2) is 9.69 Å². The molecule has 0 unspecified atom stereocenters. The fraction of sp³-hybridized carbons (Fsp3) is 0.179. The topological polar surface area (TPSA) is 84.9 Å². The van der Waals surface area contributed by atoms with E-state index in [4.69, 9.17) is 21.1 Å². The van der Waals surface area contributed by atoms with Gasteiger partial charge in [0, 0.05) is 10.6 Å². The Labute approximate surface area is 214 Å². The van der Waals surface area contributed by atoms with Crippen molar-refractivity contribution in [3.63, 3.8) is 0 Å². The number of nitrogens with one attached hydrogen (secondary N) is 1. The Balaban J connectivity index is 1.56. The van der Waals surface area contributed by atoms with Crippen molar-refractivity contribution in [2.45, 2.75) is 26.4 Å². The summed E-state index contributed by atoms with van der Waals surface area (Å²) in [4.78, 5) is 39.3. The number of ether oxygens (including phenoxy) is 2. The Hall–Kier alpha value is -4.10. The third kappa shape index (κ3) is 5.93. The summed E-state index contributed by atoms with van der Waals surface area (Å²) in [6.45, 7) is 2.91. The van der Waals surface area contributed by atoms with Crippen molar-refractivity contribution in [2.24, 2.45) is 0 Å². The predicted octanol–water partition coefficient (Wildman–Crippen LogP) is 5.76. The number of unbranched alkanes of at least 4 members (excludes halogenated alkanes) is 1. The zero-order chi connectivity index (χ0) is 25.5. The van der Waals surface area contributed by atoms with Crippen molar-refractivity contribution in [3.05, 3.63) is 94.5 Å². The number of carbonyl (C=O) groups is 3. The van der Waals surface area contributed by atoms with Crippen LogP contribution in [0.3, 0.4) is 0 Å². The van der Waals surface area contributed by atoms with E-state index in [0.29, 0.717) is 41.0 Å². The first kappa shape index (κ1) is 25.0. The Morgan fingerprint density at radius 2 is 1.69 bits per heavy atom. The fourth-order valence-electron chi connectivity index (χ4n) is 3.57. The molecule has 7 nitrogen and oxygen atoms in total. The lowest BCUT2D eigenvalue weighted by Gasteiger charge is -2.26. The molecule has 1 heterocycles. The van der Waals surface area contributed by atoms with E-state index in [1.165, 1.54) is 6.08 Å². The van der Waals surface area contributed by atoms with Crippen molar-refractivity contribution < 1.29 is 23.9 Å². The number of nitrogens with zero attached hydrogens (tertiary/aromatic N) is 1. The molecule has 0 aromatic heterocycles. The van der Waals surface area contributed by atoms with Crippen LogP contribution in [0.1, 0.15) is 30.9 Å². The molecule has 0 saturated carbocycles. The van der Waals surface area contributed by atoms with Gasteiger partial charge in [0.25, 0.3) is 11.8 Å². The number of hydrogen-bond acceptors (Lipinski definition) is 5. The highest BCUT2D eigenvalue weighted by molar-refractivity contribution is 6.39. The molecule has 4 rings (SSSR count). The van der Waals surface area contributed by atoms with Gasteiger partial charge in [-0.3, -0.25) is 14.9 Å². The molecule has 1 aliphatic heterocycles. The zero-order valence-corrected chi connectivity index (χ0v) is 20.5. The summed E-state index contributed by atoms with van der Waals surface area (Å²) < 4.78 is 11.6. The molecule has 0 spiro atoms.